The molecular weight excluding hydrogens is 418 g/mol. The summed E-state index contributed by atoms with van der Waals surface area (Å²) in [6.07, 6.45) is 0. The molecule has 7 heteroatoms. The number of para-hydroxylation sites is 1. The first-order valence-corrected chi connectivity index (χ1v) is 10.2. The molecule has 0 bridgehead atoms. The van der Waals surface area contributed by atoms with Gasteiger partial charge in [-0.15, -0.1) is 0 Å². The summed E-state index contributed by atoms with van der Waals surface area (Å²) in [6, 6.07) is 27.7. The van der Waals surface area contributed by atoms with E-state index in [0.717, 1.165) is 15.7 Å². The quantitative estimate of drug-likeness (QED) is 0.266. The van der Waals surface area contributed by atoms with E-state index in [-0.39, 0.29) is 17.0 Å². The molecule has 4 aromatic carbocycles. The molecule has 0 unspecified atom stereocenters. The van der Waals surface area contributed by atoms with Gasteiger partial charge < -0.3 is 5.32 Å². The van der Waals surface area contributed by atoms with E-state index in [9.17, 15) is 19.7 Å². The predicted molar refractivity (Wildman–Crippen MR) is 127 cm³/mol. The van der Waals surface area contributed by atoms with Gasteiger partial charge in [-0.25, -0.2) is 4.90 Å². The Morgan fingerprint density at radius 2 is 1.39 bits per heavy atom. The number of hydrogen-bond acceptors (Lipinski definition) is 5. The number of hydrogen-bond donors (Lipinski definition) is 1. The Labute approximate surface area is 188 Å². The normalized spacial score (nSPS) is 13.6. The molecule has 0 saturated carbocycles. The van der Waals surface area contributed by atoms with Gasteiger partial charge in [0.1, 0.15) is 5.70 Å². The van der Waals surface area contributed by atoms with Gasteiger partial charge in [-0.3, -0.25) is 19.7 Å². The Morgan fingerprint density at radius 3 is 2.12 bits per heavy atom. The summed E-state index contributed by atoms with van der Waals surface area (Å²) in [7, 11) is 0. The van der Waals surface area contributed by atoms with E-state index >= 15 is 0 Å². The predicted octanol–water partition coefficient (Wildman–Crippen LogP) is 5.14. The summed E-state index contributed by atoms with van der Waals surface area (Å²) < 4.78 is 0. The summed E-state index contributed by atoms with van der Waals surface area (Å²) in [5.74, 6) is -0.990. The number of nitrogens with one attached hydrogen (secondary N) is 1. The number of nitrogens with zero attached hydrogens (tertiary/aromatic N) is 2. The monoisotopic (exact) mass is 435 g/mol. The van der Waals surface area contributed by atoms with Gasteiger partial charge in [-0.05, 0) is 41.3 Å². The van der Waals surface area contributed by atoms with Crippen LogP contribution in [-0.2, 0) is 9.59 Å². The molecule has 0 aromatic heterocycles. The minimum absolute atomic E-state index is 0.0976. The number of fused-ring (bicyclic) bond motifs is 1. The molecule has 0 aliphatic carbocycles. The molecular formula is C26H17N3O4. The Kier molecular flexibility index (Phi) is 4.91. The number of imide groups is 1. The molecule has 0 spiro atoms. The van der Waals surface area contributed by atoms with Crippen molar-refractivity contribution in [3.8, 4) is 0 Å². The number of anilines is 2. The van der Waals surface area contributed by atoms with Crippen LogP contribution in [0.4, 0.5) is 17.1 Å². The van der Waals surface area contributed by atoms with Crippen molar-refractivity contribution < 1.29 is 14.5 Å². The fourth-order valence-corrected chi connectivity index (χ4v) is 3.94. The van der Waals surface area contributed by atoms with Crippen molar-refractivity contribution in [1.29, 1.82) is 0 Å². The molecule has 5 rings (SSSR count). The van der Waals surface area contributed by atoms with E-state index in [2.05, 4.69) is 5.32 Å². The van der Waals surface area contributed by atoms with E-state index in [0.29, 0.717) is 16.9 Å². The average molecular weight is 435 g/mol. The highest BCUT2D eigenvalue weighted by atomic mass is 16.6. The summed E-state index contributed by atoms with van der Waals surface area (Å²) in [4.78, 5) is 38.6. The lowest BCUT2D eigenvalue weighted by atomic mass is 10.0. The van der Waals surface area contributed by atoms with Gasteiger partial charge in [0.25, 0.3) is 17.5 Å². The molecule has 160 valence electrons. The molecule has 4 aromatic rings. The summed E-state index contributed by atoms with van der Waals surface area (Å²) in [5.41, 5.74) is 1.72. The molecule has 0 atom stereocenters. The number of amides is 2. The average Bonchev–Trinajstić information content (AvgIpc) is 3.09. The Bertz CT molecular complexity index is 1440. The number of rotatable bonds is 5. The standard InChI is InChI=1S/C26H17N3O4/c30-25-23(18-13-15-20(16-14-18)29(32)33)24(26(31)28(25)19-9-2-1-3-10-19)27-22-12-6-8-17-7-4-5-11-21(17)22/h1-16,27H. The Hall–Kier alpha value is -4.78. The fraction of sp³-hybridized carbons (Fsp3) is 0. The SMILES string of the molecule is O=C1C(Nc2cccc3ccccc23)=C(c2ccc([N+](=O)[O-])cc2)C(=O)N1c1ccccc1. The molecule has 0 saturated heterocycles. The summed E-state index contributed by atoms with van der Waals surface area (Å²) in [6.45, 7) is 0. The molecule has 1 aliphatic heterocycles. The van der Waals surface area contributed by atoms with Gasteiger partial charge in [-0.1, -0.05) is 54.6 Å². The van der Waals surface area contributed by atoms with Crippen LogP contribution in [0.15, 0.2) is 103 Å². The molecule has 2 amide bonds. The van der Waals surface area contributed by atoms with Crippen LogP contribution >= 0.6 is 0 Å². The van der Waals surface area contributed by atoms with E-state index in [1.54, 1.807) is 30.3 Å². The van der Waals surface area contributed by atoms with Crippen LogP contribution < -0.4 is 10.2 Å². The zero-order chi connectivity index (χ0) is 22.9. The zero-order valence-electron chi connectivity index (χ0n) is 17.3. The van der Waals surface area contributed by atoms with Crippen molar-refractivity contribution in [2.24, 2.45) is 0 Å². The van der Waals surface area contributed by atoms with Gasteiger partial charge in [0.2, 0.25) is 0 Å². The van der Waals surface area contributed by atoms with Crippen molar-refractivity contribution >= 4 is 45.2 Å². The van der Waals surface area contributed by atoms with Crippen molar-refractivity contribution in [3.63, 3.8) is 0 Å². The van der Waals surface area contributed by atoms with Crippen molar-refractivity contribution in [1.82, 2.24) is 0 Å². The molecule has 1 N–H and O–H groups in total. The van der Waals surface area contributed by atoms with Gasteiger partial charge in [-0.2, -0.15) is 0 Å². The third-order valence-electron chi connectivity index (χ3n) is 5.51. The largest absolute Gasteiger partial charge is 0.350 e. The topological polar surface area (TPSA) is 92.5 Å². The Balaban J connectivity index is 1.66. The maximum absolute atomic E-state index is 13.5. The number of benzene rings is 4. The van der Waals surface area contributed by atoms with Gasteiger partial charge >= 0.3 is 0 Å². The van der Waals surface area contributed by atoms with Crippen LogP contribution in [0.2, 0.25) is 0 Å². The minimum atomic E-state index is -0.509. The highest BCUT2D eigenvalue weighted by Crippen LogP contribution is 2.35. The lowest BCUT2D eigenvalue weighted by molar-refractivity contribution is -0.384. The second-order valence-corrected chi connectivity index (χ2v) is 7.49. The van der Waals surface area contributed by atoms with E-state index in [1.165, 1.54) is 24.3 Å². The first-order valence-electron chi connectivity index (χ1n) is 10.2. The van der Waals surface area contributed by atoms with Crippen LogP contribution in [0.25, 0.3) is 16.3 Å². The molecule has 33 heavy (non-hydrogen) atoms. The van der Waals surface area contributed by atoms with Crippen LogP contribution in [0.5, 0.6) is 0 Å². The Morgan fingerprint density at radius 1 is 0.727 bits per heavy atom. The molecule has 7 nitrogen and oxygen atoms in total. The first-order chi connectivity index (χ1) is 16.0. The lowest BCUT2D eigenvalue weighted by Crippen LogP contribution is -2.32. The minimum Gasteiger partial charge on any atom is -0.350 e. The number of nitro benzene ring substituents is 1. The van der Waals surface area contributed by atoms with E-state index < -0.39 is 16.7 Å². The van der Waals surface area contributed by atoms with Crippen molar-refractivity contribution in [3.05, 3.63) is 118 Å². The maximum atomic E-state index is 13.5. The smallest absolute Gasteiger partial charge is 0.282 e. The fourth-order valence-electron chi connectivity index (χ4n) is 3.94. The van der Waals surface area contributed by atoms with Gasteiger partial charge in [0.05, 0.1) is 16.2 Å². The maximum Gasteiger partial charge on any atom is 0.282 e. The number of carbonyl (C=O) groups is 2. The van der Waals surface area contributed by atoms with Crippen molar-refractivity contribution in [2.75, 3.05) is 10.2 Å². The van der Waals surface area contributed by atoms with E-state index in [1.807, 2.05) is 42.5 Å². The number of non-ortho nitro benzene ring substituents is 1. The van der Waals surface area contributed by atoms with Gasteiger partial charge in [0.15, 0.2) is 0 Å². The number of carbonyl (C=O) groups excluding carboxylic acids is 2. The van der Waals surface area contributed by atoms with E-state index in [4.69, 9.17) is 0 Å². The summed E-state index contributed by atoms with van der Waals surface area (Å²) >= 11 is 0. The van der Waals surface area contributed by atoms with Crippen LogP contribution in [0.3, 0.4) is 0 Å². The third kappa shape index (κ3) is 3.51. The second-order valence-electron chi connectivity index (χ2n) is 7.49. The van der Waals surface area contributed by atoms with Crippen molar-refractivity contribution in [2.45, 2.75) is 0 Å². The molecule has 0 fully saturated rings. The highest BCUT2D eigenvalue weighted by Gasteiger charge is 2.40. The first kappa shape index (κ1) is 20.1. The van der Waals surface area contributed by atoms with Crippen LogP contribution in [0.1, 0.15) is 5.56 Å². The third-order valence-corrected chi connectivity index (χ3v) is 5.51. The highest BCUT2D eigenvalue weighted by molar-refractivity contribution is 6.46. The zero-order valence-corrected chi connectivity index (χ0v) is 17.3. The number of nitro groups is 1. The van der Waals surface area contributed by atoms with Crippen LogP contribution in [-0.4, -0.2) is 16.7 Å². The lowest BCUT2D eigenvalue weighted by Gasteiger charge is -2.15. The van der Waals surface area contributed by atoms with Crippen LogP contribution in [0, 0.1) is 10.1 Å². The molecule has 0 radical (unpaired) electrons. The summed E-state index contributed by atoms with van der Waals surface area (Å²) in [5, 5.41) is 16.1. The van der Waals surface area contributed by atoms with Gasteiger partial charge in [0, 0.05) is 23.2 Å². The molecule has 1 heterocycles. The molecule has 1 aliphatic rings. The second kappa shape index (κ2) is 8.05.